The van der Waals surface area contributed by atoms with E-state index in [0.29, 0.717) is 12.5 Å². The lowest BCUT2D eigenvalue weighted by atomic mass is 9.87. The topological polar surface area (TPSA) is 78.5 Å². The summed E-state index contributed by atoms with van der Waals surface area (Å²) in [4.78, 5) is 13.2. The van der Waals surface area contributed by atoms with Crippen molar-refractivity contribution in [3.05, 3.63) is 41.5 Å². The minimum Gasteiger partial charge on any atom is -0.369 e. The van der Waals surface area contributed by atoms with Crippen molar-refractivity contribution < 1.29 is 17.9 Å². The van der Waals surface area contributed by atoms with Gasteiger partial charge in [-0.3, -0.25) is 0 Å². The van der Waals surface area contributed by atoms with Gasteiger partial charge in [0.15, 0.2) is 5.96 Å². The smallest absolute Gasteiger partial charge is 0.369 e. The molecule has 1 fully saturated rings. The molecule has 0 amide bonds. The molecule has 1 atom stereocenters. The summed E-state index contributed by atoms with van der Waals surface area (Å²) in [5.41, 5.74) is 7.33. The fourth-order valence-electron chi connectivity index (χ4n) is 4.48. The molecule has 2 aliphatic heterocycles. The van der Waals surface area contributed by atoms with Gasteiger partial charge in [0.1, 0.15) is 6.23 Å². The number of benzene rings is 1. The SMILES string of the molecule is CCOC(C)N=C(N=C(N)N1CCC=C(C2CCN(C)CC2)CC1)Nc1cccc(C(F)(F)F)c1. The van der Waals surface area contributed by atoms with E-state index in [0.717, 1.165) is 51.2 Å². The Morgan fingerprint density at radius 1 is 1.23 bits per heavy atom. The summed E-state index contributed by atoms with van der Waals surface area (Å²) in [5.74, 6) is 1.01. The Bertz CT molecular complexity index is 922. The molecular formula is C25H37F3N6O. The van der Waals surface area contributed by atoms with Crippen LogP contribution in [-0.4, -0.2) is 67.8 Å². The van der Waals surface area contributed by atoms with E-state index < -0.39 is 18.0 Å². The third-order valence-corrected chi connectivity index (χ3v) is 6.42. The number of nitrogens with one attached hydrogen (secondary N) is 1. The van der Waals surface area contributed by atoms with Crippen LogP contribution in [0.4, 0.5) is 18.9 Å². The highest BCUT2D eigenvalue weighted by Gasteiger charge is 2.30. The van der Waals surface area contributed by atoms with Gasteiger partial charge in [-0.1, -0.05) is 17.7 Å². The molecule has 0 spiro atoms. The Morgan fingerprint density at radius 3 is 2.66 bits per heavy atom. The summed E-state index contributed by atoms with van der Waals surface area (Å²) < 4.78 is 44.9. The number of nitrogens with zero attached hydrogens (tertiary/aromatic N) is 4. The van der Waals surface area contributed by atoms with Crippen molar-refractivity contribution >= 4 is 17.6 Å². The molecule has 0 aliphatic carbocycles. The number of aliphatic imine (C=N–C) groups is 2. The van der Waals surface area contributed by atoms with Crippen LogP contribution in [0.2, 0.25) is 0 Å². The van der Waals surface area contributed by atoms with Gasteiger partial charge in [-0.2, -0.15) is 18.2 Å². The summed E-state index contributed by atoms with van der Waals surface area (Å²) in [5, 5.41) is 2.89. The number of anilines is 1. The van der Waals surface area contributed by atoms with Crippen LogP contribution in [0.15, 0.2) is 45.9 Å². The van der Waals surface area contributed by atoms with Gasteiger partial charge in [0.05, 0.1) is 5.56 Å². The predicted molar refractivity (Wildman–Crippen MR) is 134 cm³/mol. The van der Waals surface area contributed by atoms with E-state index in [-0.39, 0.29) is 17.6 Å². The number of halogens is 3. The zero-order chi connectivity index (χ0) is 25.4. The molecule has 1 unspecified atom stereocenters. The standard InChI is InChI=1S/C25H37F3N6O/c1-4-35-18(2)30-24(31-22-9-5-8-21(17-22)25(26,27)28)32-23(29)34-13-6-7-19(12-16-34)20-10-14-33(3)15-11-20/h5,7-9,17-18,20H,4,6,10-16H2,1-3H3,(H3,29,30,31,32). The van der Waals surface area contributed by atoms with E-state index in [1.807, 2.05) is 11.8 Å². The van der Waals surface area contributed by atoms with Gasteiger partial charge in [0.2, 0.25) is 5.96 Å². The highest BCUT2D eigenvalue weighted by molar-refractivity contribution is 6.01. The summed E-state index contributed by atoms with van der Waals surface area (Å²) in [6.07, 6.45) is 1.52. The molecule has 1 aromatic rings. The first-order valence-electron chi connectivity index (χ1n) is 12.3. The molecule has 0 radical (unpaired) electrons. The van der Waals surface area contributed by atoms with Crippen molar-refractivity contribution in [3.63, 3.8) is 0 Å². The normalized spacial score (nSPS) is 20.4. The second-order valence-electron chi connectivity index (χ2n) is 9.06. The van der Waals surface area contributed by atoms with Gasteiger partial charge in [0, 0.05) is 25.4 Å². The average Bonchev–Trinajstić information content (AvgIpc) is 3.06. The van der Waals surface area contributed by atoms with E-state index in [1.54, 1.807) is 6.92 Å². The number of guanidine groups is 2. The van der Waals surface area contributed by atoms with Gasteiger partial charge in [-0.25, -0.2) is 4.99 Å². The molecular weight excluding hydrogens is 457 g/mol. The second kappa shape index (κ2) is 12.4. The number of ether oxygens (including phenoxy) is 1. The summed E-state index contributed by atoms with van der Waals surface area (Å²) in [7, 11) is 2.16. The van der Waals surface area contributed by atoms with Gasteiger partial charge in [0.25, 0.3) is 0 Å². The summed E-state index contributed by atoms with van der Waals surface area (Å²) in [6.45, 7) is 7.73. The maximum atomic E-state index is 13.2. The molecule has 2 heterocycles. The van der Waals surface area contributed by atoms with E-state index in [1.165, 1.54) is 30.5 Å². The highest BCUT2D eigenvalue weighted by Crippen LogP contribution is 2.31. The van der Waals surface area contributed by atoms with Crippen LogP contribution in [0.25, 0.3) is 0 Å². The molecule has 0 bridgehead atoms. The Kier molecular flexibility index (Phi) is 9.56. The first-order valence-corrected chi connectivity index (χ1v) is 12.3. The maximum absolute atomic E-state index is 13.2. The fraction of sp³-hybridized carbons (Fsp3) is 0.600. The van der Waals surface area contributed by atoms with Crippen LogP contribution in [0, 0.1) is 5.92 Å². The summed E-state index contributed by atoms with van der Waals surface area (Å²) in [6, 6.07) is 4.92. The summed E-state index contributed by atoms with van der Waals surface area (Å²) >= 11 is 0. The van der Waals surface area contributed by atoms with Crippen LogP contribution in [-0.2, 0) is 10.9 Å². The van der Waals surface area contributed by atoms with Crippen LogP contribution >= 0.6 is 0 Å². The largest absolute Gasteiger partial charge is 0.416 e. The molecule has 0 aromatic heterocycles. The minimum atomic E-state index is -4.44. The number of likely N-dealkylation sites (tertiary alicyclic amines) is 1. The van der Waals surface area contributed by atoms with Gasteiger partial charge in [-0.05, 0) is 83.8 Å². The van der Waals surface area contributed by atoms with E-state index in [4.69, 9.17) is 10.5 Å². The lowest BCUT2D eigenvalue weighted by Gasteiger charge is -2.31. The number of nitrogens with two attached hydrogens (primary N) is 1. The molecule has 3 rings (SSSR count). The third kappa shape index (κ3) is 8.24. The number of hydrogen-bond donors (Lipinski definition) is 2. The molecule has 2 aliphatic rings. The second-order valence-corrected chi connectivity index (χ2v) is 9.06. The molecule has 35 heavy (non-hydrogen) atoms. The van der Waals surface area contributed by atoms with Crippen molar-refractivity contribution in [3.8, 4) is 0 Å². The number of hydrogen-bond acceptors (Lipinski definition) is 3. The molecule has 0 saturated carbocycles. The van der Waals surface area contributed by atoms with Gasteiger partial charge in [-0.15, -0.1) is 0 Å². The number of piperidine rings is 1. The third-order valence-electron chi connectivity index (χ3n) is 6.42. The van der Waals surface area contributed by atoms with Crippen molar-refractivity contribution in [2.24, 2.45) is 21.6 Å². The van der Waals surface area contributed by atoms with Crippen molar-refractivity contribution in [2.45, 2.75) is 51.9 Å². The minimum absolute atomic E-state index is 0.107. The Morgan fingerprint density at radius 2 is 1.97 bits per heavy atom. The van der Waals surface area contributed by atoms with Crippen LogP contribution in [0.5, 0.6) is 0 Å². The van der Waals surface area contributed by atoms with Crippen molar-refractivity contribution in [1.29, 1.82) is 0 Å². The quantitative estimate of drug-likeness (QED) is 0.357. The van der Waals surface area contributed by atoms with Crippen LogP contribution in [0.1, 0.15) is 45.1 Å². The number of rotatable bonds is 5. The molecule has 1 saturated heterocycles. The molecule has 194 valence electrons. The molecule has 3 N–H and O–H groups in total. The van der Waals surface area contributed by atoms with Gasteiger partial charge < -0.3 is 25.6 Å². The molecule has 1 aromatic carbocycles. The maximum Gasteiger partial charge on any atom is 0.416 e. The van der Waals surface area contributed by atoms with Crippen molar-refractivity contribution in [2.75, 3.05) is 45.2 Å². The van der Waals surface area contributed by atoms with E-state index >= 15 is 0 Å². The lowest BCUT2D eigenvalue weighted by molar-refractivity contribution is -0.137. The van der Waals surface area contributed by atoms with E-state index in [9.17, 15) is 13.2 Å². The Balaban J connectivity index is 1.72. The first kappa shape index (κ1) is 27.0. The monoisotopic (exact) mass is 494 g/mol. The predicted octanol–water partition coefficient (Wildman–Crippen LogP) is 4.53. The van der Waals surface area contributed by atoms with Crippen LogP contribution in [0.3, 0.4) is 0 Å². The van der Waals surface area contributed by atoms with Gasteiger partial charge >= 0.3 is 6.18 Å². The lowest BCUT2D eigenvalue weighted by Crippen LogP contribution is -2.39. The Labute approximate surface area is 205 Å². The zero-order valence-corrected chi connectivity index (χ0v) is 20.8. The van der Waals surface area contributed by atoms with Crippen molar-refractivity contribution in [1.82, 2.24) is 9.80 Å². The zero-order valence-electron chi connectivity index (χ0n) is 20.8. The average molecular weight is 495 g/mol. The van der Waals surface area contributed by atoms with Crippen LogP contribution < -0.4 is 11.1 Å². The van der Waals surface area contributed by atoms with E-state index in [2.05, 4.69) is 33.3 Å². The fourth-order valence-corrected chi connectivity index (χ4v) is 4.48. The molecule has 7 nitrogen and oxygen atoms in total. The highest BCUT2D eigenvalue weighted by atomic mass is 19.4. The number of alkyl halides is 3. The Hall–Kier alpha value is -2.59. The molecule has 10 heteroatoms. The first-order chi connectivity index (χ1) is 16.7.